The summed E-state index contributed by atoms with van der Waals surface area (Å²) in [6, 6.07) is 1.90. The van der Waals surface area contributed by atoms with Crippen molar-refractivity contribution in [2.45, 2.75) is 32.5 Å². The molecule has 2 atom stereocenters. The van der Waals surface area contributed by atoms with Gasteiger partial charge in [0.2, 0.25) is 5.13 Å². The van der Waals surface area contributed by atoms with Crippen LogP contribution in [0.5, 0.6) is 0 Å². The summed E-state index contributed by atoms with van der Waals surface area (Å²) >= 11 is 3.05. The Morgan fingerprint density at radius 1 is 1.50 bits per heavy atom. The molecule has 2 aromatic heterocycles. The van der Waals surface area contributed by atoms with Crippen molar-refractivity contribution in [3.05, 3.63) is 27.4 Å². The van der Waals surface area contributed by atoms with Gasteiger partial charge < -0.3 is 9.64 Å². The second kappa shape index (κ2) is 6.72. The number of rotatable bonds is 3. The molecule has 1 N–H and O–H groups in total. The summed E-state index contributed by atoms with van der Waals surface area (Å²) in [6.07, 6.45) is 0.758. The van der Waals surface area contributed by atoms with Crippen molar-refractivity contribution in [1.82, 2.24) is 15.1 Å². The SMILES string of the molecule is CCc1nnc(NC(=O)N2CC(C)OC(c3ccsc3)C2)s1. The Morgan fingerprint density at radius 3 is 3.05 bits per heavy atom. The minimum Gasteiger partial charge on any atom is -0.367 e. The molecule has 1 saturated heterocycles. The van der Waals surface area contributed by atoms with Crippen LogP contribution in [0.3, 0.4) is 0 Å². The van der Waals surface area contributed by atoms with Gasteiger partial charge >= 0.3 is 6.03 Å². The van der Waals surface area contributed by atoms with E-state index in [-0.39, 0.29) is 18.2 Å². The maximum absolute atomic E-state index is 12.4. The molecule has 0 saturated carbocycles. The van der Waals surface area contributed by atoms with Crippen LogP contribution in [0.4, 0.5) is 9.93 Å². The molecule has 2 amide bonds. The molecular formula is C14H18N4O2S2. The third-order valence-electron chi connectivity index (χ3n) is 3.45. The predicted molar refractivity (Wildman–Crippen MR) is 87.5 cm³/mol. The quantitative estimate of drug-likeness (QED) is 0.933. The zero-order valence-electron chi connectivity index (χ0n) is 12.5. The van der Waals surface area contributed by atoms with Crippen LogP contribution in [0.15, 0.2) is 16.8 Å². The first-order chi connectivity index (χ1) is 10.7. The number of aromatic nitrogens is 2. The first-order valence-corrected chi connectivity index (χ1v) is 8.97. The molecule has 118 valence electrons. The van der Waals surface area contributed by atoms with E-state index in [0.29, 0.717) is 18.2 Å². The molecule has 0 bridgehead atoms. The number of anilines is 1. The predicted octanol–water partition coefficient (Wildman–Crippen LogP) is 3.16. The number of carbonyl (C=O) groups is 1. The van der Waals surface area contributed by atoms with Gasteiger partial charge in [0.05, 0.1) is 12.6 Å². The number of hydrogen-bond acceptors (Lipinski definition) is 6. The molecule has 3 rings (SSSR count). The third-order valence-corrected chi connectivity index (χ3v) is 5.13. The molecule has 6 nitrogen and oxygen atoms in total. The first kappa shape index (κ1) is 15.4. The molecule has 0 aliphatic carbocycles. The number of aryl methyl sites for hydroxylation is 1. The Balaban J connectivity index is 1.66. The average molecular weight is 338 g/mol. The topological polar surface area (TPSA) is 67.4 Å². The fourth-order valence-electron chi connectivity index (χ4n) is 2.38. The average Bonchev–Trinajstić information content (AvgIpc) is 3.18. The van der Waals surface area contributed by atoms with E-state index in [2.05, 4.69) is 20.9 Å². The van der Waals surface area contributed by atoms with Crippen molar-refractivity contribution >= 4 is 33.8 Å². The van der Waals surface area contributed by atoms with E-state index in [1.807, 2.05) is 25.3 Å². The Labute approximate surface area is 137 Å². The minimum absolute atomic E-state index is 0.00465. The van der Waals surface area contributed by atoms with Gasteiger partial charge in [0.15, 0.2) is 0 Å². The number of urea groups is 1. The van der Waals surface area contributed by atoms with E-state index in [0.717, 1.165) is 17.0 Å². The van der Waals surface area contributed by atoms with Gasteiger partial charge in [-0.05, 0) is 35.7 Å². The summed E-state index contributed by atoms with van der Waals surface area (Å²) in [5.41, 5.74) is 1.12. The lowest BCUT2D eigenvalue weighted by molar-refractivity contribution is -0.0640. The number of nitrogens with one attached hydrogen (secondary N) is 1. The van der Waals surface area contributed by atoms with Gasteiger partial charge in [-0.15, -0.1) is 10.2 Å². The van der Waals surface area contributed by atoms with Crippen molar-refractivity contribution in [2.24, 2.45) is 0 Å². The van der Waals surface area contributed by atoms with E-state index in [9.17, 15) is 4.79 Å². The molecule has 2 unspecified atom stereocenters. The second-order valence-corrected chi connectivity index (χ2v) is 7.02. The zero-order valence-corrected chi connectivity index (χ0v) is 14.1. The maximum Gasteiger partial charge on any atom is 0.323 e. The molecular weight excluding hydrogens is 320 g/mol. The van der Waals surface area contributed by atoms with Crippen LogP contribution in [0, 0.1) is 0 Å². The summed E-state index contributed by atoms with van der Waals surface area (Å²) in [6.45, 7) is 5.12. The van der Waals surface area contributed by atoms with Crippen LogP contribution in [0.2, 0.25) is 0 Å². The molecule has 22 heavy (non-hydrogen) atoms. The molecule has 0 spiro atoms. The molecule has 1 fully saturated rings. The van der Waals surface area contributed by atoms with E-state index in [4.69, 9.17) is 4.74 Å². The molecule has 2 aromatic rings. The highest BCUT2D eigenvalue weighted by atomic mass is 32.1. The smallest absolute Gasteiger partial charge is 0.323 e. The lowest BCUT2D eigenvalue weighted by atomic mass is 10.1. The van der Waals surface area contributed by atoms with Gasteiger partial charge in [0.25, 0.3) is 0 Å². The Kier molecular flexibility index (Phi) is 4.70. The fraction of sp³-hybridized carbons (Fsp3) is 0.500. The molecule has 8 heteroatoms. The van der Waals surface area contributed by atoms with Gasteiger partial charge in [-0.2, -0.15) is 11.3 Å². The van der Waals surface area contributed by atoms with Gasteiger partial charge in [-0.3, -0.25) is 5.32 Å². The maximum atomic E-state index is 12.4. The van der Waals surface area contributed by atoms with Crippen LogP contribution in [0.1, 0.15) is 30.5 Å². The summed E-state index contributed by atoms with van der Waals surface area (Å²) in [7, 11) is 0. The molecule has 1 aliphatic heterocycles. The van der Waals surface area contributed by atoms with E-state index in [1.54, 1.807) is 16.2 Å². The van der Waals surface area contributed by atoms with Crippen molar-refractivity contribution in [1.29, 1.82) is 0 Å². The number of morpholine rings is 1. The van der Waals surface area contributed by atoms with Crippen LogP contribution in [-0.2, 0) is 11.2 Å². The number of ether oxygens (including phenoxy) is 1. The highest BCUT2D eigenvalue weighted by Crippen LogP contribution is 2.27. The standard InChI is InChI=1S/C14H18N4O2S2/c1-3-12-16-17-13(22-12)15-14(19)18-6-9(2)20-11(7-18)10-4-5-21-8-10/h4-5,8-9,11H,3,6-7H2,1-2H3,(H,15,17,19). The Morgan fingerprint density at radius 2 is 2.36 bits per heavy atom. The molecule has 3 heterocycles. The lowest BCUT2D eigenvalue weighted by Crippen LogP contribution is -2.47. The van der Waals surface area contributed by atoms with Crippen LogP contribution in [0.25, 0.3) is 0 Å². The van der Waals surface area contributed by atoms with Crippen molar-refractivity contribution in [3.8, 4) is 0 Å². The number of hydrogen-bond donors (Lipinski definition) is 1. The monoisotopic (exact) mass is 338 g/mol. The van der Waals surface area contributed by atoms with E-state index < -0.39 is 0 Å². The van der Waals surface area contributed by atoms with E-state index in [1.165, 1.54) is 11.3 Å². The third kappa shape index (κ3) is 3.45. The van der Waals surface area contributed by atoms with Crippen molar-refractivity contribution in [2.75, 3.05) is 18.4 Å². The summed E-state index contributed by atoms with van der Waals surface area (Å²) in [5, 5.41) is 16.4. The zero-order chi connectivity index (χ0) is 15.5. The van der Waals surface area contributed by atoms with Crippen molar-refractivity contribution < 1.29 is 9.53 Å². The second-order valence-electron chi connectivity index (χ2n) is 5.18. The normalized spacial score (nSPS) is 21.8. The summed E-state index contributed by atoms with van der Waals surface area (Å²) in [4.78, 5) is 14.2. The van der Waals surface area contributed by atoms with Gasteiger partial charge in [0, 0.05) is 6.54 Å². The fourth-order valence-corrected chi connectivity index (χ4v) is 3.75. The minimum atomic E-state index is -0.144. The number of nitrogens with zero attached hydrogens (tertiary/aromatic N) is 3. The van der Waals surface area contributed by atoms with Crippen LogP contribution >= 0.6 is 22.7 Å². The Hall–Kier alpha value is -1.51. The lowest BCUT2D eigenvalue weighted by Gasteiger charge is -2.36. The molecule has 0 radical (unpaired) electrons. The number of carbonyl (C=O) groups excluding carboxylic acids is 1. The summed E-state index contributed by atoms with van der Waals surface area (Å²) in [5.74, 6) is 0. The van der Waals surface area contributed by atoms with Crippen LogP contribution in [-0.4, -0.2) is 40.3 Å². The number of amides is 2. The highest BCUT2D eigenvalue weighted by molar-refractivity contribution is 7.15. The van der Waals surface area contributed by atoms with E-state index >= 15 is 0 Å². The van der Waals surface area contributed by atoms with Crippen molar-refractivity contribution in [3.63, 3.8) is 0 Å². The van der Waals surface area contributed by atoms with Gasteiger partial charge in [-0.25, -0.2) is 4.79 Å². The Bertz CT molecular complexity index is 629. The van der Waals surface area contributed by atoms with Crippen LogP contribution < -0.4 is 5.32 Å². The van der Waals surface area contributed by atoms with Gasteiger partial charge in [0.1, 0.15) is 11.1 Å². The molecule has 1 aliphatic rings. The summed E-state index contributed by atoms with van der Waals surface area (Å²) < 4.78 is 5.94. The number of thiophene rings is 1. The van der Waals surface area contributed by atoms with Gasteiger partial charge in [-0.1, -0.05) is 18.3 Å². The largest absolute Gasteiger partial charge is 0.367 e. The first-order valence-electron chi connectivity index (χ1n) is 7.21. The molecule has 0 aromatic carbocycles. The highest BCUT2D eigenvalue weighted by Gasteiger charge is 2.30.